The van der Waals surface area contributed by atoms with Gasteiger partial charge < -0.3 is 10.4 Å². The van der Waals surface area contributed by atoms with E-state index in [1.165, 1.54) is 0 Å². The van der Waals surface area contributed by atoms with E-state index in [9.17, 15) is 22.0 Å². The third-order valence-electron chi connectivity index (χ3n) is 3.10. The standard InChI is InChI=1S/C10H16F5NO/c11-9(12)8(17)5-16-7-3-1-6(2-4-7)10(13,14)15/h6-9,16-17H,1-5H2. The molecule has 1 saturated carbocycles. The monoisotopic (exact) mass is 261 g/mol. The maximum absolute atomic E-state index is 12.3. The van der Waals surface area contributed by atoms with Crippen molar-refractivity contribution in [1.29, 1.82) is 0 Å². The Kier molecular flexibility index (Phi) is 5.12. The summed E-state index contributed by atoms with van der Waals surface area (Å²) in [5.41, 5.74) is 0. The van der Waals surface area contributed by atoms with Crippen LogP contribution < -0.4 is 5.32 Å². The van der Waals surface area contributed by atoms with Gasteiger partial charge in [0.2, 0.25) is 0 Å². The van der Waals surface area contributed by atoms with Gasteiger partial charge in [0.1, 0.15) is 6.10 Å². The predicted molar refractivity (Wildman–Crippen MR) is 51.8 cm³/mol. The van der Waals surface area contributed by atoms with Crippen molar-refractivity contribution < 1.29 is 27.1 Å². The molecule has 17 heavy (non-hydrogen) atoms. The zero-order valence-corrected chi connectivity index (χ0v) is 9.18. The SMILES string of the molecule is OC(CNC1CCC(C(F)(F)F)CC1)C(F)F. The lowest BCUT2D eigenvalue weighted by Gasteiger charge is -2.30. The molecule has 0 saturated heterocycles. The number of rotatable bonds is 4. The molecule has 2 N–H and O–H groups in total. The Morgan fingerprint density at radius 1 is 1.12 bits per heavy atom. The minimum absolute atomic E-state index is 0.0198. The smallest absolute Gasteiger partial charge is 0.386 e. The number of aliphatic hydroxyl groups is 1. The van der Waals surface area contributed by atoms with Crippen molar-refractivity contribution in [3.05, 3.63) is 0 Å². The molecule has 1 rings (SSSR count). The number of hydrogen-bond donors (Lipinski definition) is 2. The van der Waals surface area contributed by atoms with Gasteiger partial charge in [-0.1, -0.05) is 0 Å². The molecule has 0 heterocycles. The van der Waals surface area contributed by atoms with Gasteiger partial charge in [0.25, 0.3) is 6.43 Å². The van der Waals surface area contributed by atoms with Crippen molar-refractivity contribution in [3.8, 4) is 0 Å². The first-order valence-corrected chi connectivity index (χ1v) is 5.57. The molecular formula is C10H16F5NO. The third-order valence-corrected chi connectivity index (χ3v) is 3.10. The van der Waals surface area contributed by atoms with Crippen molar-refractivity contribution in [2.45, 2.75) is 50.4 Å². The Hall–Kier alpha value is -0.430. The van der Waals surface area contributed by atoms with Crippen molar-refractivity contribution >= 4 is 0 Å². The Labute approximate surface area is 96.2 Å². The van der Waals surface area contributed by atoms with Gasteiger partial charge in [0.05, 0.1) is 5.92 Å². The maximum atomic E-state index is 12.3. The summed E-state index contributed by atoms with van der Waals surface area (Å²) < 4.78 is 60.9. The maximum Gasteiger partial charge on any atom is 0.391 e. The van der Waals surface area contributed by atoms with Crippen LogP contribution in [-0.4, -0.2) is 36.4 Å². The van der Waals surface area contributed by atoms with E-state index in [2.05, 4.69) is 5.32 Å². The fourth-order valence-corrected chi connectivity index (χ4v) is 2.00. The number of aliphatic hydroxyl groups excluding tert-OH is 1. The molecule has 0 aromatic heterocycles. The number of nitrogens with one attached hydrogen (secondary N) is 1. The molecule has 0 aromatic rings. The predicted octanol–water partition coefficient (Wildman–Crippen LogP) is 2.32. The third kappa shape index (κ3) is 4.75. The summed E-state index contributed by atoms with van der Waals surface area (Å²) in [6.45, 7) is -0.279. The molecule has 7 heteroatoms. The highest BCUT2D eigenvalue weighted by molar-refractivity contribution is 4.81. The largest absolute Gasteiger partial charge is 0.391 e. The highest BCUT2D eigenvalue weighted by Crippen LogP contribution is 2.37. The second kappa shape index (κ2) is 5.95. The van der Waals surface area contributed by atoms with E-state index in [0.717, 1.165) is 0 Å². The summed E-state index contributed by atoms with van der Waals surface area (Å²) in [6.07, 6.45) is -8.09. The normalized spacial score (nSPS) is 28.4. The Bertz CT molecular complexity index is 225. The van der Waals surface area contributed by atoms with Crippen LogP contribution in [0.3, 0.4) is 0 Å². The first-order chi connectivity index (χ1) is 7.80. The molecule has 1 aliphatic rings. The molecule has 1 aliphatic carbocycles. The van der Waals surface area contributed by atoms with Crippen LogP contribution in [-0.2, 0) is 0 Å². The summed E-state index contributed by atoms with van der Waals surface area (Å²) in [4.78, 5) is 0. The van der Waals surface area contributed by atoms with Crippen LogP contribution >= 0.6 is 0 Å². The average molecular weight is 261 g/mol. The van der Waals surface area contributed by atoms with Gasteiger partial charge in [0, 0.05) is 12.6 Å². The summed E-state index contributed by atoms with van der Waals surface area (Å²) >= 11 is 0. The number of halogens is 5. The van der Waals surface area contributed by atoms with Gasteiger partial charge in [0.15, 0.2) is 0 Å². The second-order valence-corrected chi connectivity index (χ2v) is 4.40. The fourth-order valence-electron chi connectivity index (χ4n) is 2.00. The highest BCUT2D eigenvalue weighted by atomic mass is 19.4. The average Bonchev–Trinajstić information content (AvgIpc) is 2.25. The molecule has 0 aromatic carbocycles. The van der Waals surface area contributed by atoms with Gasteiger partial charge >= 0.3 is 6.18 Å². The Balaban J connectivity index is 2.24. The van der Waals surface area contributed by atoms with Gasteiger partial charge in [-0.15, -0.1) is 0 Å². The summed E-state index contributed by atoms with van der Waals surface area (Å²) in [5, 5.41) is 11.5. The van der Waals surface area contributed by atoms with Crippen LogP contribution in [0.2, 0.25) is 0 Å². The van der Waals surface area contributed by atoms with Gasteiger partial charge in [-0.05, 0) is 25.7 Å². The number of hydrogen-bond acceptors (Lipinski definition) is 2. The topological polar surface area (TPSA) is 32.3 Å². The van der Waals surface area contributed by atoms with E-state index in [4.69, 9.17) is 5.11 Å². The van der Waals surface area contributed by atoms with E-state index in [1.54, 1.807) is 0 Å². The Morgan fingerprint density at radius 3 is 2.06 bits per heavy atom. The highest BCUT2D eigenvalue weighted by Gasteiger charge is 2.41. The summed E-state index contributed by atoms with van der Waals surface area (Å²) in [7, 11) is 0. The summed E-state index contributed by atoms with van der Waals surface area (Å²) in [5.74, 6) is -1.28. The van der Waals surface area contributed by atoms with Crippen molar-refractivity contribution in [1.82, 2.24) is 5.32 Å². The van der Waals surface area contributed by atoms with E-state index in [-0.39, 0.29) is 25.4 Å². The van der Waals surface area contributed by atoms with E-state index in [1.807, 2.05) is 0 Å². The molecule has 0 radical (unpaired) electrons. The molecular weight excluding hydrogens is 245 g/mol. The molecule has 0 amide bonds. The summed E-state index contributed by atoms with van der Waals surface area (Å²) in [6, 6.07) is -0.206. The number of alkyl halides is 5. The minimum Gasteiger partial charge on any atom is -0.386 e. The van der Waals surface area contributed by atoms with Crippen LogP contribution in [0.5, 0.6) is 0 Å². The van der Waals surface area contributed by atoms with Gasteiger partial charge in [-0.25, -0.2) is 8.78 Å². The van der Waals surface area contributed by atoms with E-state index < -0.39 is 24.6 Å². The molecule has 1 unspecified atom stereocenters. The van der Waals surface area contributed by atoms with E-state index in [0.29, 0.717) is 12.8 Å². The first-order valence-electron chi connectivity index (χ1n) is 5.57. The molecule has 1 fully saturated rings. The van der Waals surface area contributed by atoms with Gasteiger partial charge in [-0.3, -0.25) is 0 Å². The molecule has 102 valence electrons. The van der Waals surface area contributed by atoms with Crippen molar-refractivity contribution in [2.75, 3.05) is 6.54 Å². The molecule has 0 spiro atoms. The van der Waals surface area contributed by atoms with Crippen LogP contribution in [0.4, 0.5) is 22.0 Å². The van der Waals surface area contributed by atoms with Crippen LogP contribution in [0.1, 0.15) is 25.7 Å². The van der Waals surface area contributed by atoms with Crippen LogP contribution in [0.15, 0.2) is 0 Å². The second-order valence-electron chi connectivity index (χ2n) is 4.40. The molecule has 1 atom stereocenters. The molecule has 0 bridgehead atoms. The fraction of sp³-hybridized carbons (Fsp3) is 1.00. The zero-order valence-electron chi connectivity index (χ0n) is 9.18. The van der Waals surface area contributed by atoms with Crippen LogP contribution in [0, 0.1) is 5.92 Å². The molecule has 2 nitrogen and oxygen atoms in total. The molecule has 0 aliphatic heterocycles. The van der Waals surface area contributed by atoms with E-state index >= 15 is 0 Å². The zero-order chi connectivity index (χ0) is 13.1. The van der Waals surface area contributed by atoms with Crippen molar-refractivity contribution in [3.63, 3.8) is 0 Å². The minimum atomic E-state index is -4.16. The van der Waals surface area contributed by atoms with Gasteiger partial charge in [-0.2, -0.15) is 13.2 Å². The quantitative estimate of drug-likeness (QED) is 0.761. The lowest BCUT2D eigenvalue weighted by molar-refractivity contribution is -0.182. The lowest BCUT2D eigenvalue weighted by atomic mass is 9.85. The van der Waals surface area contributed by atoms with Crippen molar-refractivity contribution in [2.24, 2.45) is 5.92 Å². The Morgan fingerprint density at radius 2 is 1.65 bits per heavy atom. The lowest BCUT2D eigenvalue weighted by Crippen LogP contribution is -2.41. The first kappa shape index (κ1) is 14.6. The van der Waals surface area contributed by atoms with Crippen LogP contribution in [0.25, 0.3) is 0 Å².